The summed E-state index contributed by atoms with van der Waals surface area (Å²) in [6.07, 6.45) is 1.39. The average Bonchev–Trinajstić information content (AvgIpc) is 3.04. The summed E-state index contributed by atoms with van der Waals surface area (Å²) in [4.78, 5) is 16.5. The van der Waals surface area contributed by atoms with Gasteiger partial charge in [-0.3, -0.25) is 4.79 Å². The Labute approximate surface area is 141 Å². The first-order valence-electron chi connectivity index (χ1n) is 6.80. The van der Waals surface area contributed by atoms with Crippen molar-refractivity contribution in [2.75, 3.05) is 0 Å². The molecule has 0 aliphatic heterocycles. The molecule has 0 unspecified atom stereocenters. The molecule has 0 spiro atoms. The molecule has 1 aromatic carbocycles. The average molecular weight is 346 g/mol. The van der Waals surface area contributed by atoms with Gasteiger partial charge in [-0.2, -0.15) is 4.73 Å². The molecule has 5 nitrogen and oxygen atoms in total. The molecule has 1 N–H and O–H groups in total. The van der Waals surface area contributed by atoms with Crippen LogP contribution in [0.1, 0.15) is 15.5 Å². The Balaban J connectivity index is 1.69. The summed E-state index contributed by atoms with van der Waals surface area (Å²) in [7, 11) is 0. The third-order valence-corrected chi connectivity index (χ3v) is 4.27. The molecular formula is C16H12ClN3O2S. The van der Waals surface area contributed by atoms with Crippen molar-refractivity contribution in [1.29, 1.82) is 0 Å². The van der Waals surface area contributed by atoms with Crippen molar-refractivity contribution in [3.05, 3.63) is 75.0 Å². The maximum absolute atomic E-state index is 12.1. The number of hydrogen-bond acceptors (Lipinski definition) is 4. The molecule has 116 valence electrons. The minimum atomic E-state index is -0.306. The van der Waals surface area contributed by atoms with Crippen molar-refractivity contribution >= 4 is 28.8 Å². The van der Waals surface area contributed by atoms with Gasteiger partial charge in [-0.25, -0.2) is 4.98 Å². The maximum Gasteiger partial charge on any atom is 0.280 e. The summed E-state index contributed by atoms with van der Waals surface area (Å²) in [5.74, 6) is -0.306. The third kappa shape index (κ3) is 3.67. The summed E-state index contributed by atoms with van der Waals surface area (Å²) in [5, 5.41) is 17.0. The van der Waals surface area contributed by atoms with Gasteiger partial charge in [0, 0.05) is 28.1 Å². The van der Waals surface area contributed by atoms with E-state index in [1.807, 2.05) is 17.5 Å². The van der Waals surface area contributed by atoms with Crippen LogP contribution < -0.4 is 10.0 Å². The van der Waals surface area contributed by atoms with Gasteiger partial charge < -0.3 is 10.5 Å². The number of nitrogens with one attached hydrogen (secondary N) is 1. The van der Waals surface area contributed by atoms with Crippen LogP contribution in [0, 0.1) is 5.21 Å². The summed E-state index contributed by atoms with van der Waals surface area (Å²) >= 11 is 7.11. The molecule has 3 aromatic rings. The first-order valence-corrected chi connectivity index (χ1v) is 8.06. The van der Waals surface area contributed by atoms with Gasteiger partial charge in [0.25, 0.3) is 5.91 Å². The SMILES string of the molecule is O=C(NCc1cccc[n+]1[O-])c1nc(-c2ccc(Cl)cc2)cs1. The molecule has 0 saturated carbocycles. The first-order chi connectivity index (χ1) is 11.1. The van der Waals surface area contributed by atoms with Gasteiger partial charge in [0.1, 0.15) is 6.54 Å². The zero-order chi connectivity index (χ0) is 16.2. The lowest BCUT2D eigenvalue weighted by Gasteiger charge is -2.04. The van der Waals surface area contributed by atoms with Crippen molar-refractivity contribution < 1.29 is 9.52 Å². The Kier molecular flexibility index (Phi) is 4.55. The molecule has 2 aromatic heterocycles. The van der Waals surface area contributed by atoms with E-state index >= 15 is 0 Å². The molecular weight excluding hydrogens is 334 g/mol. The van der Waals surface area contributed by atoms with E-state index in [0.29, 0.717) is 15.7 Å². The number of carbonyl (C=O) groups is 1. The van der Waals surface area contributed by atoms with Crippen molar-refractivity contribution in [1.82, 2.24) is 10.3 Å². The number of carbonyl (C=O) groups excluding carboxylic acids is 1. The van der Waals surface area contributed by atoms with E-state index < -0.39 is 0 Å². The highest BCUT2D eigenvalue weighted by atomic mass is 35.5. The van der Waals surface area contributed by atoms with Gasteiger partial charge in [-0.15, -0.1) is 11.3 Å². The van der Waals surface area contributed by atoms with Gasteiger partial charge >= 0.3 is 0 Å². The molecule has 2 heterocycles. The number of halogens is 1. The predicted octanol–water partition coefficient (Wildman–Crippen LogP) is 3.03. The van der Waals surface area contributed by atoms with Gasteiger partial charge in [-0.1, -0.05) is 23.7 Å². The van der Waals surface area contributed by atoms with E-state index in [0.717, 1.165) is 16.0 Å². The van der Waals surface area contributed by atoms with E-state index in [1.165, 1.54) is 17.5 Å². The smallest absolute Gasteiger partial charge is 0.280 e. The van der Waals surface area contributed by atoms with Crippen LogP contribution in [0.5, 0.6) is 0 Å². The highest BCUT2D eigenvalue weighted by Gasteiger charge is 2.13. The molecule has 3 rings (SSSR count). The third-order valence-electron chi connectivity index (χ3n) is 3.17. The summed E-state index contributed by atoms with van der Waals surface area (Å²) < 4.78 is 0.723. The molecule has 0 radical (unpaired) electrons. The van der Waals surface area contributed by atoms with Crippen LogP contribution in [-0.4, -0.2) is 10.9 Å². The molecule has 1 amide bonds. The number of pyridine rings is 1. The Morgan fingerprint density at radius 1 is 1.26 bits per heavy atom. The van der Waals surface area contributed by atoms with E-state index in [9.17, 15) is 10.0 Å². The van der Waals surface area contributed by atoms with E-state index in [1.54, 1.807) is 30.3 Å². The second kappa shape index (κ2) is 6.76. The zero-order valence-electron chi connectivity index (χ0n) is 11.9. The lowest BCUT2D eigenvalue weighted by Crippen LogP contribution is -2.35. The number of benzene rings is 1. The number of rotatable bonds is 4. The molecule has 0 saturated heterocycles. The van der Waals surface area contributed by atoms with E-state index in [2.05, 4.69) is 10.3 Å². The minimum Gasteiger partial charge on any atom is -0.618 e. The Hall–Kier alpha value is -2.44. The number of hydrogen-bond donors (Lipinski definition) is 1. The largest absolute Gasteiger partial charge is 0.618 e. The Morgan fingerprint density at radius 3 is 2.78 bits per heavy atom. The van der Waals surface area contributed by atoms with Crippen LogP contribution in [0.15, 0.2) is 54.0 Å². The van der Waals surface area contributed by atoms with Crippen molar-refractivity contribution in [3.8, 4) is 11.3 Å². The van der Waals surface area contributed by atoms with Crippen LogP contribution in [0.25, 0.3) is 11.3 Å². The molecule has 0 bridgehead atoms. The molecule has 0 fully saturated rings. The van der Waals surface area contributed by atoms with Crippen molar-refractivity contribution in [2.45, 2.75) is 6.54 Å². The monoisotopic (exact) mass is 345 g/mol. The topological polar surface area (TPSA) is 68.9 Å². The van der Waals surface area contributed by atoms with Crippen LogP contribution in [-0.2, 0) is 6.54 Å². The molecule has 0 aliphatic rings. The minimum absolute atomic E-state index is 0.152. The molecule has 23 heavy (non-hydrogen) atoms. The van der Waals surface area contributed by atoms with E-state index in [-0.39, 0.29) is 12.5 Å². The van der Waals surface area contributed by atoms with Gasteiger partial charge in [0.2, 0.25) is 5.69 Å². The Bertz CT molecular complexity index is 833. The second-order valence-electron chi connectivity index (χ2n) is 4.75. The number of nitrogens with zero attached hydrogens (tertiary/aromatic N) is 2. The molecule has 0 atom stereocenters. The lowest BCUT2D eigenvalue weighted by molar-refractivity contribution is -0.614. The molecule has 0 aliphatic carbocycles. The molecule has 7 heteroatoms. The highest BCUT2D eigenvalue weighted by Crippen LogP contribution is 2.23. The zero-order valence-corrected chi connectivity index (χ0v) is 13.5. The van der Waals surface area contributed by atoms with Crippen molar-refractivity contribution in [3.63, 3.8) is 0 Å². The maximum atomic E-state index is 12.1. The van der Waals surface area contributed by atoms with Crippen molar-refractivity contribution in [2.24, 2.45) is 0 Å². The fraction of sp³-hybridized carbons (Fsp3) is 0.0625. The number of aromatic nitrogens is 2. The quantitative estimate of drug-likeness (QED) is 0.583. The summed E-state index contributed by atoms with van der Waals surface area (Å²) in [6, 6.07) is 12.3. The van der Waals surface area contributed by atoms with Crippen LogP contribution in [0.2, 0.25) is 5.02 Å². The fourth-order valence-electron chi connectivity index (χ4n) is 1.98. The van der Waals surface area contributed by atoms with Gasteiger partial charge in [0.05, 0.1) is 5.69 Å². The standard InChI is InChI=1S/C16H12ClN3O2S/c17-12-6-4-11(5-7-12)14-10-23-16(19-14)15(21)18-9-13-3-1-2-8-20(13)22/h1-8,10H,9H2,(H,18,21). The fourth-order valence-corrected chi connectivity index (χ4v) is 2.85. The lowest BCUT2D eigenvalue weighted by atomic mass is 10.2. The van der Waals surface area contributed by atoms with Gasteiger partial charge in [-0.05, 0) is 18.2 Å². The number of amides is 1. The Morgan fingerprint density at radius 2 is 2.04 bits per heavy atom. The summed E-state index contributed by atoms with van der Waals surface area (Å²) in [6.45, 7) is 0.152. The summed E-state index contributed by atoms with van der Waals surface area (Å²) in [5.41, 5.74) is 2.08. The van der Waals surface area contributed by atoms with Crippen LogP contribution in [0.4, 0.5) is 0 Å². The first kappa shape index (κ1) is 15.5. The normalized spacial score (nSPS) is 10.5. The van der Waals surface area contributed by atoms with Crippen LogP contribution >= 0.6 is 22.9 Å². The van der Waals surface area contributed by atoms with Gasteiger partial charge in [0.15, 0.2) is 11.2 Å². The predicted molar refractivity (Wildman–Crippen MR) is 89.1 cm³/mol. The number of thiazole rings is 1. The highest BCUT2D eigenvalue weighted by molar-refractivity contribution is 7.12. The van der Waals surface area contributed by atoms with Crippen LogP contribution in [0.3, 0.4) is 0 Å². The van der Waals surface area contributed by atoms with E-state index in [4.69, 9.17) is 11.6 Å². The second-order valence-corrected chi connectivity index (χ2v) is 6.04.